The predicted octanol–water partition coefficient (Wildman–Crippen LogP) is 4.19. The SMILES string of the molecule is O=C1C(O)CC(c2ccc(-c3ccccc3)cc2)N1c1ccccc1. The number of benzene rings is 3. The van der Waals surface area contributed by atoms with Gasteiger partial charge in [0.2, 0.25) is 0 Å². The normalized spacial score (nSPS) is 20.0. The molecular weight excluding hydrogens is 310 g/mol. The molecule has 1 aliphatic rings. The molecule has 1 saturated heterocycles. The molecule has 2 unspecified atom stereocenters. The van der Waals surface area contributed by atoms with E-state index in [9.17, 15) is 9.90 Å². The number of amides is 1. The number of aliphatic hydroxyl groups excluding tert-OH is 1. The summed E-state index contributed by atoms with van der Waals surface area (Å²) in [6, 6.07) is 27.8. The number of rotatable bonds is 3. The third kappa shape index (κ3) is 2.94. The molecule has 0 radical (unpaired) electrons. The molecule has 0 aromatic heterocycles. The molecule has 0 spiro atoms. The predicted molar refractivity (Wildman–Crippen MR) is 99.2 cm³/mol. The summed E-state index contributed by atoms with van der Waals surface area (Å²) in [4.78, 5) is 14.2. The lowest BCUT2D eigenvalue weighted by molar-refractivity contribution is -0.124. The first-order valence-corrected chi connectivity index (χ1v) is 8.45. The second kappa shape index (κ2) is 6.54. The maximum atomic E-state index is 12.5. The van der Waals surface area contributed by atoms with Gasteiger partial charge in [0.1, 0.15) is 6.10 Å². The molecule has 1 heterocycles. The molecule has 1 fully saturated rings. The summed E-state index contributed by atoms with van der Waals surface area (Å²) in [5, 5.41) is 10.1. The number of para-hydroxylation sites is 1. The minimum absolute atomic E-state index is 0.144. The van der Waals surface area contributed by atoms with Crippen LogP contribution >= 0.6 is 0 Å². The van der Waals surface area contributed by atoms with Crippen molar-refractivity contribution in [3.05, 3.63) is 90.5 Å². The van der Waals surface area contributed by atoms with Crippen LogP contribution in [0.2, 0.25) is 0 Å². The van der Waals surface area contributed by atoms with Crippen molar-refractivity contribution in [2.45, 2.75) is 18.6 Å². The van der Waals surface area contributed by atoms with E-state index in [1.807, 2.05) is 60.7 Å². The maximum absolute atomic E-state index is 12.5. The molecule has 2 atom stereocenters. The molecule has 3 heteroatoms. The van der Waals surface area contributed by atoms with Crippen molar-refractivity contribution in [3.63, 3.8) is 0 Å². The van der Waals surface area contributed by atoms with Crippen LogP contribution in [0.25, 0.3) is 11.1 Å². The second-order valence-electron chi connectivity index (χ2n) is 6.30. The number of hydrogen-bond donors (Lipinski definition) is 1. The van der Waals surface area contributed by atoms with E-state index in [0.29, 0.717) is 6.42 Å². The number of nitrogens with zero attached hydrogens (tertiary/aromatic N) is 1. The molecule has 0 saturated carbocycles. The maximum Gasteiger partial charge on any atom is 0.256 e. The van der Waals surface area contributed by atoms with Gasteiger partial charge in [-0.2, -0.15) is 0 Å². The zero-order valence-electron chi connectivity index (χ0n) is 13.7. The van der Waals surface area contributed by atoms with Crippen LogP contribution in [0.5, 0.6) is 0 Å². The molecule has 25 heavy (non-hydrogen) atoms. The van der Waals surface area contributed by atoms with E-state index in [-0.39, 0.29) is 11.9 Å². The third-order valence-electron chi connectivity index (χ3n) is 4.72. The van der Waals surface area contributed by atoms with E-state index in [1.165, 1.54) is 0 Å². The minimum Gasteiger partial charge on any atom is -0.383 e. The van der Waals surface area contributed by atoms with Crippen molar-refractivity contribution in [1.29, 1.82) is 0 Å². The summed E-state index contributed by atoms with van der Waals surface area (Å²) < 4.78 is 0. The van der Waals surface area contributed by atoms with Gasteiger partial charge >= 0.3 is 0 Å². The summed E-state index contributed by atoms with van der Waals surface area (Å²) in [7, 11) is 0. The van der Waals surface area contributed by atoms with Crippen LogP contribution in [0.1, 0.15) is 18.0 Å². The van der Waals surface area contributed by atoms with Crippen molar-refractivity contribution in [3.8, 4) is 11.1 Å². The van der Waals surface area contributed by atoms with Gasteiger partial charge in [-0.05, 0) is 28.8 Å². The lowest BCUT2D eigenvalue weighted by Gasteiger charge is -2.25. The molecule has 3 aromatic rings. The van der Waals surface area contributed by atoms with Gasteiger partial charge < -0.3 is 10.0 Å². The van der Waals surface area contributed by atoms with E-state index in [2.05, 4.69) is 24.3 Å². The molecule has 4 rings (SSSR count). The minimum atomic E-state index is -0.945. The van der Waals surface area contributed by atoms with Gasteiger partial charge in [0.25, 0.3) is 5.91 Å². The Bertz CT molecular complexity index is 860. The zero-order chi connectivity index (χ0) is 17.2. The van der Waals surface area contributed by atoms with Gasteiger partial charge in [-0.15, -0.1) is 0 Å². The van der Waals surface area contributed by atoms with Crippen molar-refractivity contribution in [1.82, 2.24) is 0 Å². The first-order valence-electron chi connectivity index (χ1n) is 8.45. The van der Waals surface area contributed by atoms with Crippen LogP contribution in [0.3, 0.4) is 0 Å². The first-order chi connectivity index (χ1) is 12.2. The Hall–Kier alpha value is -2.91. The van der Waals surface area contributed by atoms with E-state index >= 15 is 0 Å². The van der Waals surface area contributed by atoms with Gasteiger partial charge in [0.05, 0.1) is 6.04 Å². The zero-order valence-corrected chi connectivity index (χ0v) is 13.7. The van der Waals surface area contributed by atoms with Gasteiger partial charge in [0, 0.05) is 12.1 Å². The van der Waals surface area contributed by atoms with Gasteiger partial charge in [-0.3, -0.25) is 4.79 Å². The molecular formula is C22H19NO2. The largest absolute Gasteiger partial charge is 0.383 e. The quantitative estimate of drug-likeness (QED) is 0.782. The van der Waals surface area contributed by atoms with Crippen LogP contribution in [0, 0.1) is 0 Å². The Morgan fingerprint density at radius 3 is 1.96 bits per heavy atom. The lowest BCUT2D eigenvalue weighted by atomic mass is 9.99. The Labute approximate surface area is 147 Å². The molecule has 1 amide bonds. The molecule has 0 bridgehead atoms. The fourth-order valence-corrected chi connectivity index (χ4v) is 3.44. The molecule has 1 N–H and O–H groups in total. The summed E-state index contributed by atoms with van der Waals surface area (Å²) in [6.07, 6.45) is -0.530. The van der Waals surface area contributed by atoms with E-state index in [0.717, 1.165) is 22.4 Å². The standard InChI is InChI=1S/C22H19NO2/c24-21-15-20(23(22(21)25)19-9-5-2-6-10-19)18-13-11-17(12-14-18)16-7-3-1-4-8-16/h1-14,20-21,24H,15H2. The van der Waals surface area contributed by atoms with E-state index in [1.54, 1.807) is 4.90 Å². The molecule has 3 aromatic carbocycles. The summed E-state index contributed by atoms with van der Waals surface area (Å²) in [5.74, 6) is -0.233. The summed E-state index contributed by atoms with van der Waals surface area (Å²) in [5.41, 5.74) is 4.16. The molecule has 0 aliphatic carbocycles. The van der Waals surface area contributed by atoms with Gasteiger partial charge in [-0.1, -0.05) is 72.8 Å². The lowest BCUT2D eigenvalue weighted by Crippen LogP contribution is -2.30. The Kier molecular flexibility index (Phi) is 4.08. The van der Waals surface area contributed by atoms with Gasteiger partial charge in [-0.25, -0.2) is 0 Å². The topological polar surface area (TPSA) is 40.5 Å². The van der Waals surface area contributed by atoms with Crippen molar-refractivity contribution >= 4 is 11.6 Å². The average molecular weight is 329 g/mol. The highest BCUT2D eigenvalue weighted by Gasteiger charge is 2.40. The first kappa shape index (κ1) is 15.6. The smallest absolute Gasteiger partial charge is 0.256 e. The molecule has 3 nitrogen and oxygen atoms in total. The fourth-order valence-electron chi connectivity index (χ4n) is 3.44. The highest BCUT2D eigenvalue weighted by Crippen LogP contribution is 2.37. The molecule has 1 aliphatic heterocycles. The number of anilines is 1. The monoisotopic (exact) mass is 329 g/mol. The van der Waals surface area contributed by atoms with Crippen molar-refractivity contribution in [2.24, 2.45) is 0 Å². The highest BCUT2D eigenvalue weighted by atomic mass is 16.3. The number of carbonyl (C=O) groups is 1. The van der Waals surface area contributed by atoms with E-state index < -0.39 is 6.10 Å². The number of aliphatic hydroxyl groups is 1. The summed E-state index contributed by atoms with van der Waals surface area (Å²) in [6.45, 7) is 0. The Balaban J connectivity index is 1.67. The number of carbonyl (C=O) groups excluding carboxylic acids is 1. The Morgan fingerprint density at radius 1 is 0.760 bits per heavy atom. The second-order valence-corrected chi connectivity index (χ2v) is 6.30. The van der Waals surface area contributed by atoms with Crippen LogP contribution in [-0.4, -0.2) is 17.1 Å². The third-order valence-corrected chi connectivity index (χ3v) is 4.72. The van der Waals surface area contributed by atoms with Crippen LogP contribution in [0.4, 0.5) is 5.69 Å². The Morgan fingerprint density at radius 2 is 1.32 bits per heavy atom. The van der Waals surface area contributed by atoms with Crippen molar-refractivity contribution in [2.75, 3.05) is 4.90 Å². The van der Waals surface area contributed by atoms with Crippen LogP contribution in [-0.2, 0) is 4.79 Å². The van der Waals surface area contributed by atoms with Crippen molar-refractivity contribution < 1.29 is 9.90 Å². The van der Waals surface area contributed by atoms with Gasteiger partial charge in [0.15, 0.2) is 0 Å². The summed E-state index contributed by atoms with van der Waals surface area (Å²) >= 11 is 0. The average Bonchev–Trinajstić information content (AvgIpc) is 2.98. The van der Waals surface area contributed by atoms with E-state index in [4.69, 9.17) is 0 Å². The molecule has 124 valence electrons. The highest BCUT2D eigenvalue weighted by molar-refractivity contribution is 5.99. The van der Waals surface area contributed by atoms with Crippen LogP contribution in [0.15, 0.2) is 84.9 Å². The fraction of sp³-hybridized carbons (Fsp3) is 0.136. The van der Waals surface area contributed by atoms with Crippen LogP contribution < -0.4 is 4.90 Å². The number of hydrogen-bond acceptors (Lipinski definition) is 2.